The Morgan fingerprint density at radius 3 is 1.35 bits per heavy atom. The molecule has 0 radical (unpaired) electrons. The maximum atomic E-state index is 12.6. The van der Waals surface area contributed by atoms with Gasteiger partial charge in [-0.3, -0.25) is 19.3 Å². The lowest BCUT2D eigenvalue weighted by molar-refractivity contribution is -0.134. The molecule has 0 aliphatic rings. The van der Waals surface area contributed by atoms with E-state index in [0.29, 0.717) is 0 Å². The molecule has 0 bridgehead atoms. The first-order chi connectivity index (χ1) is 9.98. The van der Waals surface area contributed by atoms with E-state index in [0.717, 1.165) is 0 Å². The SMILES string of the molecule is CC(C(=O)C(C)(C)I)N(CC(=O)C(C)(C)C)CC(=O)C(C)(C)C. The van der Waals surface area contributed by atoms with Crippen molar-refractivity contribution in [3.8, 4) is 0 Å². The molecule has 0 heterocycles. The zero-order valence-corrected chi connectivity index (χ0v) is 18.2. The number of nitrogens with zero attached hydrogens (tertiary/aromatic N) is 1. The molecule has 5 heteroatoms. The molecule has 0 aromatic rings. The first-order valence-electron chi connectivity index (χ1n) is 8.02. The fourth-order valence-electron chi connectivity index (χ4n) is 1.84. The van der Waals surface area contributed by atoms with E-state index in [9.17, 15) is 14.4 Å². The van der Waals surface area contributed by atoms with Gasteiger partial charge < -0.3 is 0 Å². The summed E-state index contributed by atoms with van der Waals surface area (Å²) in [5.74, 6) is 0.0942. The van der Waals surface area contributed by atoms with Crippen molar-refractivity contribution < 1.29 is 14.4 Å². The standard InChI is InChI=1S/C18H32INO3/c1-12(15(23)18(8,9)19)20(10-13(21)16(2,3)4)11-14(22)17(5,6)7/h12H,10-11H2,1-9H3. The molecular formula is C18H32INO3. The molecular weight excluding hydrogens is 405 g/mol. The van der Waals surface area contributed by atoms with Crippen molar-refractivity contribution in [2.45, 2.75) is 71.8 Å². The number of halogens is 1. The van der Waals surface area contributed by atoms with Gasteiger partial charge in [0.15, 0.2) is 17.3 Å². The molecule has 134 valence electrons. The van der Waals surface area contributed by atoms with Crippen molar-refractivity contribution in [1.29, 1.82) is 0 Å². The zero-order valence-electron chi connectivity index (χ0n) is 16.0. The molecule has 1 atom stereocenters. The Morgan fingerprint density at radius 2 is 1.13 bits per heavy atom. The zero-order chi connectivity index (χ0) is 18.8. The third kappa shape index (κ3) is 7.42. The van der Waals surface area contributed by atoms with Crippen LogP contribution in [-0.2, 0) is 14.4 Å². The Bertz CT molecular complexity index is 436. The van der Waals surface area contributed by atoms with Gasteiger partial charge in [0, 0.05) is 10.8 Å². The average molecular weight is 437 g/mol. The number of carbonyl (C=O) groups is 3. The van der Waals surface area contributed by atoms with Gasteiger partial charge in [-0.1, -0.05) is 64.1 Å². The van der Waals surface area contributed by atoms with Crippen LogP contribution in [0.5, 0.6) is 0 Å². The predicted molar refractivity (Wildman–Crippen MR) is 103 cm³/mol. The van der Waals surface area contributed by atoms with Crippen LogP contribution in [0.15, 0.2) is 0 Å². The van der Waals surface area contributed by atoms with Gasteiger partial charge in [-0.25, -0.2) is 0 Å². The molecule has 0 aliphatic heterocycles. The highest BCUT2D eigenvalue weighted by Gasteiger charge is 2.36. The molecule has 0 rings (SSSR count). The first kappa shape index (κ1) is 22.7. The molecule has 0 aliphatic carbocycles. The monoisotopic (exact) mass is 437 g/mol. The minimum atomic E-state index is -0.537. The van der Waals surface area contributed by atoms with Gasteiger partial charge in [0.25, 0.3) is 0 Å². The average Bonchev–Trinajstić information content (AvgIpc) is 2.32. The van der Waals surface area contributed by atoms with E-state index in [1.165, 1.54) is 0 Å². The molecule has 0 spiro atoms. The van der Waals surface area contributed by atoms with Gasteiger partial charge in [-0.05, 0) is 20.8 Å². The van der Waals surface area contributed by atoms with Gasteiger partial charge in [0.2, 0.25) is 0 Å². The molecule has 0 amide bonds. The lowest BCUT2D eigenvalue weighted by atomic mass is 9.88. The van der Waals surface area contributed by atoms with Crippen LogP contribution in [0, 0.1) is 10.8 Å². The van der Waals surface area contributed by atoms with Crippen molar-refractivity contribution in [1.82, 2.24) is 4.90 Å². The Kier molecular flexibility index (Phi) is 7.62. The van der Waals surface area contributed by atoms with Crippen molar-refractivity contribution >= 4 is 39.9 Å². The second kappa shape index (κ2) is 7.72. The van der Waals surface area contributed by atoms with Crippen LogP contribution in [0.4, 0.5) is 0 Å². The largest absolute Gasteiger partial charge is 0.298 e. The van der Waals surface area contributed by atoms with Gasteiger partial charge in [-0.2, -0.15) is 0 Å². The smallest absolute Gasteiger partial charge is 0.164 e. The van der Waals surface area contributed by atoms with E-state index in [-0.39, 0.29) is 30.4 Å². The number of ketones is 3. The first-order valence-corrected chi connectivity index (χ1v) is 9.09. The van der Waals surface area contributed by atoms with Gasteiger partial charge in [0.05, 0.1) is 22.6 Å². The molecule has 0 aromatic heterocycles. The van der Waals surface area contributed by atoms with Crippen LogP contribution >= 0.6 is 22.6 Å². The summed E-state index contributed by atoms with van der Waals surface area (Å²) in [5.41, 5.74) is -0.989. The van der Waals surface area contributed by atoms with Crippen LogP contribution in [0.1, 0.15) is 62.3 Å². The Labute approximate surface area is 154 Å². The number of alkyl halides is 1. The molecule has 0 aromatic carbocycles. The molecule has 1 unspecified atom stereocenters. The molecule has 0 N–H and O–H groups in total. The third-order valence-electron chi connectivity index (χ3n) is 3.88. The molecule has 0 fully saturated rings. The summed E-state index contributed by atoms with van der Waals surface area (Å²) < 4.78 is -0.537. The summed E-state index contributed by atoms with van der Waals surface area (Å²) in [7, 11) is 0. The second-order valence-electron chi connectivity index (χ2n) is 8.76. The van der Waals surface area contributed by atoms with Crippen molar-refractivity contribution in [3.63, 3.8) is 0 Å². The highest BCUT2D eigenvalue weighted by molar-refractivity contribution is 14.1. The fraction of sp³-hybridized carbons (Fsp3) is 0.833. The second-order valence-corrected chi connectivity index (χ2v) is 11.5. The minimum absolute atomic E-state index is 0.0292. The summed E-state index contributed by atoms with van der Waals surface area (Å²) in [6.07, 6.45) is 0. The topological polar surface area (TPSA) is 54.5 Å². The Hall–Kier alpha value is -0.300. The summed E-state index contributed by atoms with van der Waals surface area (Å²) in [5, 5.41) is 0. The molecule has 0 saturated heterocycles. The van der Waals surface area contributed by atoms with Crippen LogP contribution < -0.4 is 0 Å². The van der Waals surface area contributed by atoms with E-state index in [2.05, 4.69) is 22.6 Å². The predicted octanol–water partition coefficient (Wildman–Crippen LogP) is 3.69. The summed E-state index contributed by atoms with van der Waals surface area (Å²) in [6.45, 7) is 16.8. The van der Waals surface area contributed by atoms with E-state index >= 15 is 0 Å². The summed E-state index contributed by atoms with van der Waals surface area (Å²) >= 11 is 2.10. The van der Waals surface area contributed by atoms with Crippen molar-refractivity contribution in [2.75, 3.05) is 13.1 Å². The van der Waals surface area contributed by atoms with Crippen molar-refractivity contribution in [3.05, 3.63) is 0 Å². The summed E-state index contributed by atoms with van der Waals surface area (Å²) in [4.78, 5) is 39.2. The molecule has 4 nitrogen and oxygen atoms in total. The molecule has 0 saturated carbocycles. The number of hydrogen-bond donors (Lipinski definition) is 0. The fourth-order valence-corrected chi connectivity index (χ4v) is 2.29. The quantitative estimate of drug-likeness (QED) is 0.451. The lowest BCUT2D eigenvalue weighted by Gasteiger charge is -2.33. The lowest BCUT2D eigenvalue weighted by Crippen LogP contribution is -2.51. The number of hydrogen-bond acceptors (Lipinski definition) is 4. The van der Waals surface area contributed by atoms with E-state index in [1.54, 1.807) is 11.8 Å². The third-order valence-corrected chi connectivity index (χ3v) is 4.41. The Morgan fingerprint density at radius 1 is 0.826 bits per heavy atom. The highest BCUT2D eigenvalue weighted by Crippen LogP contribution is 2.24. The maximum absolute atomic E-state index is 12.6. The van der Waals surface area contributed by atoms with E-state index in [1.807, 2.05) is 55.4 Å². The summed E-state index contributed by atoms with van der Waals surface area (Å²) in [6, 6.07) is -0.473. The normalized spacial score (nSPS) is 14.7. The van der Waals surface area contributed by atoms with E-state index < -0.39 is 20.3 Å². The minimum Gasteiger partial charge on any atom is -0.298 e. The van der Waals surface area contributed by atoms with Crippen LogP contribution in [0.25, 0.3) is 0 Å². The number of Topliss-reactive ketones (excluding diaryl/α,β-unsaturated/α-hetero) is 3. The van der Waals surface area contributed by atoms with E-state index in [4.69, 9.17) is 0 Å². The highest BCUT2D eigenvalue weighted by atomic mass is 127. The number of carbonyl (C=O) groups excluding carboxylic acids is 3. The van der Waals surface area contributed by atoms with Gasteiger partial charge in [-0.15, -0.1) is 0 Å². The van der Waals surface area contributed by atoms with Crippen molar-refractivity contribution in [2.24, 2.45) is 10.8 Å². The van der Waals surface area contributed by atoms with Crippen LogP contribution in [-0.4, -0.2) is 44.8 Å². The van der Waals surface area contributed by atoms with Crippen LogP contribution in [0.3, 0.4) is 0 Å². The Balaban J connectivity index is 5.43. The molecule has 23 heavy (non-hydrogen) atoms. The van der Waals surface area contributed by atoms with Gasteiger partial charge >= 0.3 is 0 Å². The maximum Gasteiger partial charge on any atom is 0.164 e. The number of rotatable bonds is 7. The van der Waals surface area contributed by atoms with Gasteiger partial charge in [0.1, 0.15) is 0 Å². The van der Waals surface area contributed by atoms with Crippen LogP contribution in [0.2, 0.25) is 0 Å².